The number of carbonyl (C=O) groups is 1. The van der Waals surface area contributed by atoms with Crippen molar-refractivity contribution in [2.75, 3.05) is 13.7 Å². The van der Waals surface area contributed by atoms with Crippen LogP contribution in [-0.4, -0.2) is 31.0 Å². The summed E-state index contributed by atoms with van der Waals surface area (Å²) < 4.78 is 4.56. The first-order valence-electron chi connectivity index (χ1n) is 4.69. The average molecular weight is 229 g/mol. The highest BCUT2D eigenvalue weighted by Crippen LogP contribution is 2.08. The molecular weight excluding hydrogens is 206 g/mol. The molecule has 0 bridgehead atoms. The molecule has 5 heteroatoms. The molecule has 0 fully saturated rings. The molecule has 0 aromatic rings. The highest BCUT2D eigenvalue weighted by molar-refractivity contribution is 5.80. The summed E-state index contributed by atoms with van der Waals surface area (Å²) in [5.41, 5.74) is 10.1. The minimum atomic E-state index is -0.979. The highest BCUT2D eigenvalue weighted by atomic mass is 16.5. The van der Waals surface area contributed by atoms with Gasteiger partial charge in [-0.3, -0.25) is 9.79 Å². The van der Waals surface area contributed by atoms with Crippen LogP contribution in [0.5, 0.6) is 0 Å². The second kappa shape index (κ2) is 7.87. The molecule has 0 aromatic heterocycles. The molecule has 0 aliphatic heterocycles. The minimum absolute atomic E-state index is 0. The summed E-state index contributed by atoms with van der Waals surface area (Å²) in [6.07, 6.45) is 4.02. The van der Waals surface area contributed by atoms with Crippen LogP contribution in [0.3, 0.4) is 0 Å². The number of ether oxygens (including phenoxy) is 1. The molecule has 5 nitrogen and oxygen atoms in total. The Hall–Kier alpha value is -1.36. The maximum atomic E-state index is 11.2. The van der Waals surface area contributed by atoms with Crippen LogP contribution in [-0.2, 0) is 9.53 Å². The number of nitrogens with two attached hydrogens (primary N) is 2. The van der Waals surface area contributed by atoms with Crippen LogP contribution in [0.2, 0.25) is 0 Å². The van der Waals surface area contributed by atoms with Gasteiger partial charge in [0.05, 0.1) is 19.5 Å². The monoisotopic (exact) mass is 229 g/mol. The molecule has 0 aliphatic carbocycles. The summed E-state index contributed by atoms with van der Waals surface area (Å²) in [5, 5.41) is 0. The van der Waals surface area contributed by atoms with Crippen molar-refractivity contribution in [2.45, 2.75) is 33.2 Å². The molecule has 0 aliphatic rings. The van der Waals surface area contributed by atoms with Crippen molar-refractivity contribution in [3.05, 3.63) is 12.2 Å². The minimum Gasteiger partial charge on any atom is -0.468 e. The third-order valence-electron chi connectivity index (χ3n) is 1.81. The van der Waals surface area contributed by atoms with Gasteiger partial charge in [0.25, 0.3) is 0 Å². The second-order valence-electron chi connectivity index (χ2n) is 3.57. The normalized spacial score (nSPS) is 15.4. The lowest BCUT2D eigenvalue weighted by Crippen LogP contribution is -2.45. The van der Waals surface area contributed by atoms with Gasteiger partial charge in [-0.2, -0.15) is 0 Å². The van der Waals surface area contributed by atoms with Crippen molar-refractivity contribution in [1.29, 1.82) is 0 Å². The molecule has 0 saturated heterocycles. The van der Waals surface area contributed by atoms with Gasteiger partial charge in [0.1, 0.15) is 5.54 Å². The molecule has 0 rings (SSSR count). The van der Waals surface area contributed by atoms with Crippen LogP contribution in [0, 0.1) is 0 Å². The van der Waals surface area contributed by atoms with Crippen molar-refractivity contribution in [1.82, 2.24) is 0 Å². The maximum absolute atomic E-state index is 11.2. The van der Waals surface area contributed by atoms with Crippen molar-refractivity contribution >= 4 is 11.8 Å². The van der Waals surface area contributed by atoms with E-state index < -0.39 is 11.5 Å². The Morgan fingerprint density at radius 2 is 2.06 bits per heavy atom. The van der Waals surface area contributed by atoms with Crippen molar-refractivity contribution in [3.8, 4) is 0 Å². The first-order chi connectivity index (χ1) is 6.90. The zero-order valence-corrected chi connectivity index (χ0v) is 9.49. The molecule has 0 radical (unpaired) electrons. The largest absolute Gasteiger partial charge is 0.468 e. The van der Waals surface area contributed by atoms with Crippen LogP contribution in [0.1, 0.15) is 27.7 Å². The first-order valence-corrected chi connectivity index (χ1v) is 4.69. The second-order valence-corrected chi connectivity index (χ2v) is 3.57. The number of aliphatic imine (C=N–C) groups is 1. The Bertz CT molecular complexity index is 266. The predicted octanol–water partition coefficient (Wildman–Crippen LogP) is 0.836. The van der Waals surface area contributed by atoms with Gasteiger partial charge < -0.3 is 16.2 Å². The van der Waals surface area contributed by atoms with Crippen molar-refractivity contribution < 1.29 is 9.53 Å². The van der Waals surface area contributed by atoms with Crippen LogP contribution >= 0.6 is 0 Å². The fourth-order valence-electron chi connectivity index (χ4n) is 0.916. The van der Waals surface area contributed by atoms with E-state index >= 15 is 0 Å². The lowest BCUT2D eigenvalue weighted by Gasteiger charge is -2.18. The van der Waals surface area contributed by atoms with E-state index in [-0.39, 0.29) is 7.43 Å². The van der Waals surface area contributed by atoms with E-state index in [1.165, 1.54) is 7.11 Å². The number of carbonyl (C=O) groups excluding carboxylic acids is 1. The lowest BCUT2D eigenvalue weighted by atomic mass is 9.99. The van der Waals surface area contributed by atoms with Gasteiger partial charge in [-0.05, 0) is 20.3 Å². The third-order valence-corrected chi connectivity index (χ3v) is 1.81. The summed E-state index contributed by atoms with van der Waals surface area (Å²) in [7, 11) is 1.32. The number of nitrogens with zero attached hydrogens (tertiary/aromatic N) is 1. The van der Waals surface area contributed by atoms with Gasteiger partial charge in [-0.15, -0.1) is 0 Å². The van der Waals surface area contributed by atoms with Crippen LogP contribution < -0.4 is 11.5 Å². The number of hydrogen-bond donors (Lipinski definition) is 2. The molecule has 94 valence electrons. The molecular formula is C11H23N3O2. The molecule has 0 aromatic carbocycles. The van der Waals surface area contributed by atoms with E-state index in [4.69, 9.17) is 11.5 Å². The van der Waals surface area contributed by atoms with Gasteiger partial charge >= 0.3 is 5.97 Å². The Kier molecular flexibility index (Phi) is 8.39. The average Bonchev–Trinajstić information content (AvgIpc) is 2.15. The Balaban J connectivity index is 0. The zero-order chi connectivity index (χ0) is 11.9. The Morgan fingerprint density at radius 3 is 2.50 bits per heavy atom. The molecule has 0 saturated carbocycles. The molecule has 0 heterocycles. The number of esters is 1. The van der Waals surface area contributed by atoms with Crippen LogP contribution in [0.4, 0.5) is 0 Å². The summed E-state index contributed by atoms with van der Waals surface area (Å²) in [4.78, 5) is 15.1. The van der Waals surface area contributed by atoms with Gasteiger partial charge in [-0.25, -0.2) is 0 Å². The van der Waals surface area contributed by atoms with E-state index in [9.17, 15) is 4.79 Å². The predicted molar refractivity (Wildman–Crippen MR) is 67.3 cm³/mol. The van der Waals surface area contributed by atoms with Crippen molar-refractivity contribution in [3.63, 3.8) is 0 Å². The summed E-state index contributed by atoms with van der Waals surface area (Å²) in [6, 6.07) is 0. The molecule has 0 unspecified atom stereocenters. The van der Waals surface area contributed by atoms with Gasteiger partial charge in [0.2, 0.25) is 0 Å². The summed E-state index contributed by atoms with van der Waals surface area (Å²) in [5.74, 6) is 0.105. The van der Waals surface area contributed by atoms with Crippen LogP contribution in [0.25, 0.3) is 0 Å². The summed E-state index contributed by atoms with van der Waals surface area (Å²) in [6.45, 7) is 3.84. The standard InChI is InChI=1S/C10H19N3O2.CH4/c1-8(11)13-7-5-4-6-10(2,12)9(14)15-3;/h4-5H,6-7,12H2,1-3H3,(H2,11,13);1H4/b5-4+;/t10-;/m0./s1. The Labute approximate surface area is 97.6 Å². The zero-order valence-electron chi connectivity index (χ0n) is 9.49. The number of methoxy groups -OCH3 is 1. The van der Waals surface area contributed by atoms with Gasteiger partial charge in [0.15, 0.2) is 0 Å². The van der Waals surface area contributed by atoms with E-state index in [0.29, 0.717) is 18.8 Å². The molecule has 0 amide bonds. The van der Waals surface area contributed by atoms with E-state index in [2.05, 4.69) is 9.73 Å². The van der Waals surface area contributed by atoms with Crippen LogP contribution in [0.15, 0.2) is 17.1 Å². The fraction of sp³-hybridized carbons (Fsp3) is 0.636. The molecule has 0 spiro atoms. The van der Waals surface area contributed by atoms with Crippen molar-refractivity contribution in [2.24, 2.45) is 16.5 Å². The fourth-order valence-corrected chi connectivity index (χ4v) is 0.916. The molecule has 4 N–H and O–H groups in total. The smallest absolute Gasteiger partial charge is 0.325 e. The van der Waals surface area contributed by atoms with E-state index in [1.807, 2.05) is 6.08 Å². The quantitative estimate of drug-likeness (QED) is 0.316. The van der Waals surface area contributed by atoms with E-state index in [1.54, 1.807) is 19.9 Å². The van der Waals surface area contributed by atoms with E-state index in [0.717, 1.165) is 0 Å². The first kappa shape index (κ1) is 17.0. The number of rotatable bonds is 5. The molecule has 16 heavy (non-hydrogen) atoms. The highest BCUT2D eigenvalue weighted by Gasteiger charge is 2.27. The third kappa shape index (κ3) is 7.00. The number of hydrogen-bond acceptors (Lipinski definition) is 4. The Morgan fingerprint density at radius 1 is 1.50 bits per heavy atom. The van der Waals surface area contributed by atoms with Gasteiger partial charge in [-0.1, -0.05) is 19.6 Å². The SMILES string of the molecule is C.COC(=O)[C@@](C)(N)C/C=C/CN=C(C)N. The lowest BCUT2D eigenvalue weighted by molar-refractivity contribution is -0.146. The van der Waals surface area contributed by atoms with Gasteiger partial charge in [0, 0.05) is 0 Å². The summed E-state index contributed by atoms with van der Waals surface area (Å²) >= 11 is 0. The maximum Gasteiger partial charge on any atom is 0.325 e. The topological polar surface area (TPSA) is 90.7 Å². The number of amidine groups is 1. The molecule has 1 atom stereocenters.